The van der Waals surface area contributed by atoms with Crippen LogP contribution in [0, 0.1) is 0 Å². The van der Waals surface area contributed by atoms with E-state index in [0.29, 0.717) is 17.9 Å². The maximum Gasteiger partial charge on any atom is 0.360 e. The standard InChI is InChI=1S/C21H21N3O4/c1-3-28-21(26)20-18(22-14-15-9-11-17(27-2)12-10-15)13-19(25)24(23-20)16-7-5-4-6-8-16/h4-13,22H,3,14H2,1-2H3. The number of nitrogens with one attached hydrogen (secondary N) is 1. The van der Waals surface area contributed by atoms with Crippen LogP contribution in [0.1, 0.15) is 23.0 Å². The molecule has 3 aromatic rings. The molecule has 0 aliphatic carbocycles. The summed E-state index contributed by atoms with van der Waals surface area (Å²) >= 11 is 0. The molecule has 0 saturated heterocycles. The molecule has 0 unspecified atom stereocenters. The molecule has 28 heavy (non-hydrogen) atoms. The Bertz CT molecular complexity index is 998. The normalized spacial score (nSPS) is 10.4. The number of ether oxygens (including phenoxy) is 2. The highest BCUT2D eigenvalue weighted by Crippen LogP contribution is 2.16. The highest BCUT2D eigenvalue weighted by atomic mass is 16.5. The Morgan fingerprint density at radius 1 is 1.11 bits per heavy atom. The summed E-state index contributed by atoms with van der Waals surface area (Å²) in [6, 6.07) is 17.8. The average Bonchev–Trinajstić information content (AvgIpc) is 2.73. The summed E-state index contributed by atoms with van der Waals surface area (Å²) in [5, 5.41) is 7.36. The molecule has 7 nitrogen and oxygen atoms in total. The van der Waals surface area contributed by atoms with Gasteiger partial charge in [-0.15, -0.1) is 0 Å². The van der Waals surface area contributed by atoms with Gasteiger partial charge in [-0.25, -0.2) is 4.79 Å². The van der Waals surface area contributed by atoms with Gasteiger partial charge in [-0.2, -0.15) is 9.78 Å². The number of benzene rings is 2. The number of nitrogens with zero attached hydrogens (tertiary/aromatic N) is 2. The smallest absolute Gasteiger partial charge is 0.360 e. The van der Waals surface area contributed by atoms with Gasteiger partial charge in [-0.1, -0.05) is 30.3 Å². The second-order valence-corrected chi connectivity index (χ2v) is 5.91. The highest BCUT2D eigenvalue weighted by molar-refractivity contribution is 5.93. The Morgan fingerprint density at radius 3 is 2.46 bits per heavy atom. The first kappa shape index (κ1) is 19.2. The van der Waals surface area contributed by atoms with Gasteiger partial charge in [0.15, 0.2) is 5.69 Å². The molecule has 0 spiro atoms. The fraction of sp³-hybridized carbons (Fsp3) is 0.190. The van der Waals surface area contributed by atoms with Gasteiger partial charge in [0.1, 0.15) is 5.75 Å². The van der Waals surface area contributed by atoms with E-state index in [4.69, 9.17) is 9.47 Å². The van der Waals surface area contributed by atoms with Gasteiger partial charge < -0.3 is 14.8 Å². The molecule has 0 amide bonds. The molecular formula is C21H21N3O4. The quantitative estimate of drug-likeness (QED) is 0.636. The van der Waals surface area contributed by atoms with Crippen LogP contribution in [-0.2, 0) is 11.3 Å². The van der Waals surface area contributed by atoms with E-state index in [1.807, 2.05) is 30.3 Å². The molecule has 1 N–H and O–H groups in total. The first-order valence-corrected chi connectivity index (χ1v) is 8.86. The predicted molar refractivity (Wildman–Crippen MR) is 106 cm³/mol. The van der Waals surface area contributed by atoms with Crippen LogP contribution in [0.25, 0.3) is 5.69 Å². The summed E-state index contributed by atoms with van der Waals surface area (Å²) < 4.78 is 11.4. The third-order valence-electron chi connectivity index (χ3n) is 4.04. The molecule has 0 aliphatic rings. The van der Waals surface area contributed by atoms with Gasteiger partial charge in [0.25, 0.3) is 5.56 Å². The molecule has 0 saturated carbocycles. The molecule has 0 radical (unpaired) electrons. The van der Waals surface area contributed by atoms with E-state index in [0.717, 1.165) is 11.3 Å². The van der Waals surface area contributed by atoms with Crippen molar-refractivity contribution in [2.45, 2.75) is 13.5 Å². The fourth-order valence-electron chi connectivity index (χ4n) is 2.64. The second-order valence-electron chi connectivity index (χ2n) is 5.91. The molecule has 0 fully saturated rings. The second kappa shape index (κ2) is 8.85. The van der Waals surface area contributed by atoms with Crippen LogP contribution in [0.5, 0.6) is 5.75 Å². The molecule has 0 aliphatic heterocycles. The lowest BCUT2D eigenvalue weighted by Crippen LogP contribution is -2.25. The molecule has 1 heterocycles. The lowest BCUT2D eigenvalue weighted by Gasteiger charge is -2.13. The van der Waals surface area contributed by atoms with Gasteiger partial charge in [0.2, 0.25) is 0 Å². The molecule has 144 valence electrons. The number of hydrogen-bond donors (Lipinski definition) is 1. The van der Waals surface area contributed by atoms with Crippen molar-refractivity contribution in [2.24, 2.45) is 0 Å². The van der Waals surface area contributed by atoms with Crippen molar-refractivity contribution in [2.75, 3.05) is 19.0 Å². The Morgan fingerprint density at radius 2 is 1.82 bits per heavy atom. The molecule has 2 aromatic carbocycles. The Hall–Kier alpha value is -3.61. The summed E-state index contributed by atoms with van der Waals surface area (Å²) in [5.74, 6) is 0.160. The Balaban J connectivity index is 1.93. The number of aromatic nitrogens is 2. The molecule has 3 rings (SSSR count). The molecule has 0 atom stereocenters. The lowest BCUT2D eigenvalue weighted by molar-refractivity contribution is 0.0518. The number of para-hydroxylation sites is 1. The number of methoxy groups -OCH3 is 1. The van der Waals surface area contributed by atoms with Crippen LogP contribution in [-0.4, -0.2) is 29.5 Å². The zero-order chi connectivity index (χ0) is 19.9. The monoisotopic (exact) mass is 379 g/mol. The number of rotatable bonds is 7. The van der Waals surface area contributed by atoms with E-state index in [2.05, 4.69) is 10.4 Å². The van der Waals surface area contributed by atoms with Crippen LogP contribution in [0.3, 0.4) is 0 Å². The topological polar surface area (TPSA) is 82.5 Å². The zero-order valence-corrected chi connectivity index (χ0v) is 15.7. The van der Waals surface area contributed by atoms with Gasteiger partial charge in [-0.05, 0) is 36.8 Å². The van der Waals surface area contributed by atoms with Crippen molar-refractivity contribution in [3.8, 4) is 11.4 Å². The first-order valence-electron chi connectivity index (χ1n) is 8.86. The van der Waals surface area contributed by atoms with Gasteiger partial charge in [0, 0.05) is 12.6 Å². The summed E-state index contributed by atoms with van der Waals surface area (Å²) in [4.78, 5) is 25.0. The van der Waals surface area contributed by atoms with Crippen LogP contribution >= 0.6 is 0 Å². The number of anilines is 1. The third-order valence-corrected chi connectivity index (χ3v) is 4.04. The summed E-state index contributed by atoms with van der Waals surface area (Å²) in [6.07, 6.45) is 0. The van der Waals surface area contributed by atoms with Crippen LogP contribution < -0.4 is 15.6 Å². The van der Waals surface area contributed by atoms with E-state index in [1.54, 1.807) is 38.3 Å². The zero-order valence-electron chi connectivity index (χ0n) is 15.7. The Labute approximate surface area is 162 Å². The van der Waals surface area contributed by atoms with Crippen molar-refractivity contribution in [1.82, 2.24) is 9.78 Å². The van der Waals surface area contributed by atoms with E-state index >= 15 is 0 Å². The van der Waals surface area contributed by atoms with Crippen molar-refractivity contribution < 1.29 is 14.3 Å². The number of carbonyl (C=O) groups is 1. The largest absolute Gasteiger partial charge is 0.497 e. The van der Waals surface area contributed by atoms with E-state index < -0.39 is 5.97 Å². The average molecular weight is 379 g/mol. The maximum atomic E-state index is 12.6. The van der Waals surface area contributed by atoms with Gasteiger partial charge in [-0.3, -0.25) is 4.79 Å². The fourth-order valence-corrected chi connectivity index (χ4v) is 2.64. The lowest BCUT2D eigenvalue weighted by atomic mass is 10.2. The molecule has 1 aromatic heterocycles. The number of carbonyl (C=O) groups excluding carboxylic acids is 1. The molecule has 0 bridgehead atoms. The number of hydrogen-bond acceptors (Lipinski definition) is 6. The SMILES string of the molecule is CCOC(=O)c1nn(-c2ccccc2)c(=O)cc1NCc1ccc(OC)cc1. The van der Waals surface area contributed by atoms with E-state index in [-0.39, 0.29) is 17.9 Å². The van der Waals surface area contributed by atoms with Crippen LogP contribution in [0.2, 0.25) is 0 Å². The van der Waals surface area contributed by atoms with Crippen LogP contribution in [0.4, 0.5) is 5.69 Å². The van der Waals surface area contributed by atoms with Crippen molar-refractivity contribution in [3.63, 3.8) is 0 Å². The molecule has 7 heteroatoms. The highest BCUT2D eigenvalue weighted by Gasteiger charge is 2.18. The minimum Gasteiger partial charge on any atom is -0.497 e. The summed E-state index contributed by atoms with van der Waals surface area (Å²) in [7, 11) is 1.60. The number of esters is 1. The van der Waals surface area contributed by atoms with E-state index in [9.17, 15) is 9.59 Å². The Kier molecular flexibility index (Phi) is 6.06. The minimum atomic E-state index is -0.593. The van der Waals surface area contributed by atoms with Gasteiger partial charge >= 0.3 is 5.97 Å². The van der Waals surface area contributed by atoms with Crippen molar-refractivity contribution in [1.29, 1.82) is 0 Å². The summed E-state index contributed by atoms with van der Waals surface area (Å²) in [5.41, 5.74) is 1.56. The molecular weight excluding hydrogens is 358 g/mol. The van der Waals surface area contributed by atoms with E-state index in [1.165, 1.54) is 10.7 Å². The predicted octanol–water partition coefficient (Wildman–Crippen LogP) is 3.03. The van der Waals surface area contributed by atoms with Crippen molar-refractivity contribution >= 4 is 11.7 Å². The maximum absolute atomic E-state index is 12.6. The minimum absolute atomic E-state index is 0.0545. The van der Waals surface area contributed by atoms with Crippen LogP contribution in [0.15, 0.2) is 65.5 Å². The summed E-state index contributed by atoms with van der Waals surface area (Å²) in [6.45, 7) is 2.34. The third kappa shape index (κ3) is 4.37. The van der Waals surface area contributed by atoms with Crippen molar-refractivity contribution in [3.05, 3.63) is 82.3 Å². The van der Waals surface area contributed by atoms with Gasteiger partial charge in [0.05, 0.1) is 25.1 Å². The first-order chi connectivity index (χ1) is 13.6.